The first-order valence-electron chi connectivity index (χ1n) is 7.19. The molecule has 0 radical (unpaired) electrons. The molecule has 0 unspecified atom stereocenters. The summed E-state index contributed by atoms with van der Waals surface area (Å²) < 4.78 is 4.70. The molecule has 1 aromatic carbocycles. The van der Waals surface area contributed by atoms with Gasteiger partial charge in [0, 0.05) is 6.54 Å². The highest BCUT2D eigenvalue weighted by Gasteiger charge is 2.09. The monoisotopic (exact) mass is 261 g/mol. The molecular formula is C16H23NO2. The standard InChI is InChI=1S/C16H23NO2/c1-19-16(18)15-8-6-14(7-9-15)10-13-17-11-4-2-3-5-12-17/h6-9H,2-5,10-13H2,1H3. The number of carbonyl (C=O) groups excluding carboxylic acids is 1. The molecular weight excluding hydrogens is 238 g/mol. The average Bonchev–Trinajstić information content (AvgIpc) is 2.73. The Morgan fingerprint density at radius 3 is 2.32 bits per heavy atom. The number of rotatable bonds is 4. The fraction of sp³-hybridized carbons (Fsp3) is 0.562. The largest absolute Gasteiger partial charge is 0.465 e. The molecule has 0 spiro atoms. The molecule has 1 heterocycles. The Morgan fingerprint density at radius 1 is 1.11 bits per heavy atom. The minimum atomic E-state index is -0.265. The number of hydrogen-bond donors (Lipinski definition) is 0. The molecule has 0 aliphatic carbocycles. The van der Waals surface area contributed by atoms with E-state index in [4.69, 9.17) is 4.74 Å². The zero-order chi connectivity index (χ0) is 13.5. The van der Waals surface area contributed by atoms with Crippen LogP contribution in [0.1, 0.15) is 41.6 Å². The van der Waals surface area contributed by atoms with Crippen LogP contribution in [0.25, 0.3) is 0 Å². The lowest BCUT2D eigenvalue weighted by atomic mass is 10.1. The van der Waals surface area contributed by atoms with Crippen LogP contribution in [0.15, 0.2) is 24.3 Å². The number of hydrogen-bond acceptors (Lipinski definition) is 3. The van der Waals surface area contributed by atoms with Crippen LogP contribution >= 0.6 is 0 Å². The summed E-state index contributed by atoms with van der Waals surface area (Å²) >= 11 is 0. The first-order chi connectivity index (χ1) is 9.29. The van der Waals surface area contributed by atoms with Crippen LogP contribution in [0.5, 0.6) is 0 Å². The summed E-state index contributed by atoms with van der Waals surface area (Å²) in [5.74, 6) is -0.265. The highest BCUT2D eigenvalue weighted by Crippen LogP contribution is 2.11. The zero-order valence-electron chi connectivity index (χ0n) is 11.7. The first-order valence-corrected chi connectivity index (χ1v) is 7.19. The third-order valence-electron chi connectivity index (χ3n) is 3.79. The van der Waals surface area contributed by atoms with Gasteiger partial charge in [-0.15, -0.1) is 0 Å². The molecule has 1 aliphatic rings. The zero-order valence-corrected chi connectivity index (χ0v) is 11.7. The van der Waals surface area contributed by atoms with Crippen molar-refractivity contribution in [3.8, 4) is 0 Å². The van der Waals surface area contributed by atoms with Gasteiger partial charge < -0.3 is 9.64 Å². The van der Waals surface area contributed by atoms with E-state index < -0.39 is 0 Å². The van der Waals surface area contributed by atoms with E-state index in [1.54, 1.807) is 0 Å². The number of esters is 1. The number of likely N-dealkylation sites (tertiary alicyclic amines) is 1. The van der Waals surface area contributed by atoms with Crippen LogP contribution in [-0.4, -0.2) is 37.6 Å². The van der Waals surface area contributed by atoms with Crippen LogP contribution in [0, 0.1) is 0 Å². The van der Waals surface area contributed by atoms with E-state index in [9.17, 15) is 4.79 Å². The maximum atomic E-state index is 11.3. The minimum Gasteiger partial charge on any atom is -0.465 e. The smallest absolute Gasteiger partial charge is 0.337 e. The van der Waals surface area contributed by atoms with Crippen molar-refractivity contribution < 1.29 is 9.53 Å². The van der Waals surface area contributed by atoms with E-state index in [1.807, 2.05) is 24.3 Å². The van der Waals surface area contributed by atoms with Crippen LogP contribution < -0.4 is 0 Å². The Morgan fingerprint density at radius 2 is 1.74 bits per heavy atom. The lowest BCUT2D eigenvalue weighted by molar-refractivity contribution is 0.0600. The fourth-order valence-corrected chi connectivity index (χ4v) is 2.57. The molecule has 1 fully saturated rings. The van der Waals surface area contributed by atoms with Crippen molar-refractivity contribution in [2.24, 2.45) is 0 Å². The van der Waals surface area contributed by atoms with Crippen LogP contribution in [0.3, 0.4) is 0 Å². The molecule has 19 heavy (non-hydrogen) atoms. The van der Waals surface area contributed by atoms with Gasteiger partial charge in [-0.3, -0.25) is 0 Å². The number of nitrogens with zero attached hydrogens (tertiary/aromatic N) is 1. The van der Waals surface area contributed by atoms with Gasteiger partial charge in [-0.2, -0.15) is 0 Å². The van der Waals surface area contributed by atoms with Gasteiger partial charge >= 0.3 is 5.97 Å². The van der Waals surface area contributed by atoms with E-state index in [0.29, 0.717) is 5.56 Å². The normalized spacial score (nSPS) is 16.9. The highest BCUT2D eigenvalue weighted by molar-refractivity contribution is 5.89. The van der Waals surface area contributed by atoms with Gasteiger partial charge in [0.25, 0.3) is 0 Å². The van der Waals surface area contributed by atoms with Crippen molar-refractivity contribution in [3.63, 3.8) is 0 Å². The molecule has 3 nitrogen and oxygen atoms in total. The van der Waals surface area contributed by atoms with Crippen molar-refractivity contribution in [1.29, 1.82) is 0 Å². The van der Waals surface area contributed by atoms with Crippen LogP contribution in [-0.2, 0) is 11.2 Å². The molecule has 0 aromatic heterocycles. The summed E-state index contributed by atoms with van der Waals surface area (Å²) in [5.41, 5.74) is 1.91. The Balaban J connectivity index is 1.83. The molecule has 104 valence electrons. The van der Waals surface area contributed by atoms with Gasteiger partial charge in [0.2, 0.25) is 0 Å². The summed E-state index contributed by atoms with van der Waals surface area (Å²) in [5, 5.41) is 0. The Hall–Kier alpha value is -1.35. The predicted molar refractivity (Wildman–Crippen MR) is 76.4 cm³/mol. The summed E-state index contributed by atoms with van der Waals surface area (Å²) in [6, 6.07) is 7.77. The second-order valence-electron chi connectivity index (χ2n) is 5.19. The summed E-state index contributed by atoms with van der Waals surface area (Å²) in [6.07, 6.45) is 6.48. The average molecular weight is 261 g/mol. The second-order valence-corrected chi connectivity index (χ2v) is 5.19. The number of carbonyl (C=O) groups is 1. The van der Waals surface area contributed by atoms with E-state index in [0.717, 1.165) is 13.0 Å². The molecule has 0 N–H and O–H groups in total. The third-order valence-corrected chi connectivity index (χ3v) is 3.79. The van der Waals surface area contributed by atoms with Gasteiger partial charge in [-0.1, -0.05) is 25.0 Å². The molecule has 0 bridgehead atoms. The van der Waals surface area contributed by atoms with Crippen LogP contribution in [0.4, 0.5) is 0 Å². The lowest BCUT2D eigenvalue weighted by Gasteiger charge is -2.19. The fourth-order valence-electron chi connectivity index (χ4n) is 2.57. The third kappa shape index (κ3) is 4.35. The van der Waals surface area contributed by atoms with E-state index in [2.05, 4.69) is 4.90 Å². The molecule has 1 aliphatic heterocycles. The predicted octanol–water partition coefficient (Wildman–Crippen LogP) is 2.89. The molecule has 1 saturated heterocycles. The first kappa shape index (κ1) is 14.1. The Labute approximate surface area is 115 Å². The Kier molecular flexibility index (Phi) is 5.40. The molecule has 0 saturated carbocycles. The van der Waals surface area contributed by atoms with Gasteiger partial charge in [0.1, 0.15) is 0 Å². The number of ether oxygens (including phenoxy) is 1. The molecule has 3 heteroatoms. The van der Waals surface area contributed by atoms with E-state index >= 15 is 0 Å². The number of methoxy groups -OCH3 is 1. The van der Waals surface area contributed by atoms with Crippen molar-refractivity contribution in [2.45, 2.75) is 32.1 Å². The minimum absolute atomic E-state index is 0.265. The summed E-state index contributed by atoms with van der Waals surface area (Å²) in [7, 11) is 1.41. The molecule has 2 rings (SSSR count). The number of benzene rings is 1. The molecule has 0 amide bonds. The van der Waals surface area contributed by atoms with Gasteiger partial charge in [-0.25, -0.2) is 4.79 Å². The second kappa shape index (κ2) is 7.29. The Bertz CT molecular complexity index is 392. The SMILES string of the molecule is COC(=O)c1ccc(CCN2CCCCCC2)cc1. The van der Waals surface area contributed by atoms with Crippen molar-refractivity contribution in [3.05, 3.63) is 35.4 Å². The summed E-state index contributed by atoms with van der Waals surface area (Å²) in [4.78, 5) is 13.9. The molecule has 0 atom stereocenters. The molecule has 1 aromatic rings. The van der Waals surface area contributed by atoms with Gasteiger partial charge in [0.15, 0.2) is 0 Å². The highest BCUT2D eigenvalue weighted by atomic mass is 16.5. The van der Waals surface area contributed by atoms with Crippen molar-refractivity contribution in [2.75, 3.05) is 26.7 Å². The maximum Gasteiger partial charge on any atom is 0.337 e. The topological polar surface area (TPSA) is 29.5 Å². The lowest BCUT2D eigenvalue weighted by Crippen LogP contribution is -2.26. The maximum absolute atomic E-state index is 11.3. The summed E-state index contributed by atoms with van der Waals surface area (Å²) in [6.45, 7) is 3.60. The van der Waals surface area contributed by atoms with Gasteiger partial charge in [-0.05, 0) is 50.0 Å². The van der Waals surface area contributed by atoms with E-state index in [1.165, 1.54) is 51.4 Å². The van der Waals surface area contributed by atoms with Crippen molar-refractivity contribution >= 4 is 5.97 Å². The van der Waals surface area contributed by atoms with E-state index in [-0.39, 0.29) is 5.97 Å². The van der Waals surface area contributed by atoms with Gasteiger partial charge in [0.05, 0.1) is 12.7 Å². The quantitative estimate of drug-likeness (QED) is 0.781. The van der Waals surface area contributed by atoms with Crippen molar-refractivity contribution in [1.82, 2.24) is 4.90 Å². The van der Waals surface area contributed by atoms with Crippen LogP contribution in [0.2, 0.25) is 0 Å².